The van der Waals surface area contributed by atoms with E-state index in [-0.39, 0.29) is 0 Å². The fourth-order valence-corrected chi connectivity index (χ4v) is 2.58. The summed E-state index contributed by atoms with van der Waals surface area (Å²) < 4.78 is 7.75. The second-order valence-electron chi connectivity index (χ2n) is 5.77. The van der Waals surface area contributed by atoms with E-state index in [4.69, 9.17) is 17.0 Å². The minimum absolute atomic E-state index is 0.434. The largest absolute Gasteiger partial charge is 0.494 e. The summed E-state index contributed by atoms with van der Waals surface area (Å²) in [5, 5.41) is 11.5. The summed E-state index contributed by atoms with van der Waals surface area (Å²) >= 11 is 5.27. The minimum Gasteiger partial charge on any atom is -0.494 e. The van der Waals surface area contributed by atoms with E-state index in [1.165, 1.54) is 12.8 Å². The molecular formula is C19H21N5OS. The number of nitrogens with one attached hydrogen (secondary N) is 1. The van der Waals surface area contributed by atoms with Crippen molar-refractivity contribution in [3.63, 3.8) is 0 Å². The van der Waals surface area contributed by atoms with Gasteiger partial charge in [-0.15, -0.1) is 0 Å². The van der Waals surface area contributed by atoms with Gasteiger partial charge in [-0.05, 0) is 60.6 Å². The second kappa shape index (κ2) is 9.05. The molecule has 0 aliphatic heterocycles. The van der Waals surface area contributed by atoms with Crippen LogP contribution in [-0.2, 0) is 0 Å². The van der Waals surface area contributed by atoms with Crippen molar-refractivity contribution in [1.29, 1.82) is 0 Å². The molecule has 0 saturated heterocycles. The topological polar surface area (TPSA) is 68.1 Å². The fourth-order valence-electron chi connectivity index (χ4n) is 2.40. The minimum atomic E-state index is 0.434. The number of hydrogen-bond donors (Lipinski definition) is 1. The maximum absolute atomic E-state index is 5.72. The summed E-state index contributed by atoms with van der Waals surface area (Å²) in [4.78, 5) is 4.02. The summed E-state index contributed by atoms with van der Waals surface area (Å²) in [7, 11) is 0. The van der Waals surface area contributed by atoms with Gasteiger partial charge in [0.05, 0.1) is 12.8 Å². The zero-order valence-corrected chi connectivity index (χ0v) is 15.4. The molecule has 0 radical (unpaired) electrons. The van der Waals surface area contributed by atoms with Crippen molar-refractivity contribution in [2.24, 2.45) is 5.10 Å². The Bertz CT molecular complexity index is 900. The van der Waals surface area contributed by atoms with Crippen LogP contribution < -0.4 is 4.74 Å². The number of nitrogens with zero attached hydrogens (tertiary/aromatic N) is 4. The Morgan fingerprint density at radius 3 is 2.65 bits per heavy atom. The number of pyridine rings is 1. The third kappa shape index (κ3) is 4.64. The SMILES string of the molecule is CCCCCOc1ccc(/C=N/n2c(-c3ccncc3)n[nH]c2=S)cc1. The Labute approximate surface area is 157 Å². The maximum Gasteiger partial charge on any atom is 0.216 e. The number of unbranched alkanes of at least 4 members (excludes halogenated alkanes) is 2. The molecule has 134 valence electrons. The van der Waals surface area contributed by atoms with Gasteiger partial charge in [0.1, 0.15) is 5.75 Å². The molecule has 1 N–H and O–H groups in total. The standard InChI is InChI=1S/C19H21N5OS/c1-2-3-4-13-25-17-7-5-15(6-8-17)14-21-24-18(22-23-19(24)26)16-9-11-20-12-10-16/h5-12,14H,2-4,13H2,1H3,(H,23,26)/b21-14+. The molecule has 0 amide bonds. The maximum atomic E-state index is 5.72. The van der Waals surface area contributed by atoms with Crippen LogP contribution in [-0.4, -0.2) is 32.7 Å². The quantitative estimate of drug-likeness (QED) is 0.363. The van der Waals surface area contributed by atoms with Gasteiger partial charge in [0.2, 0.25) is 4.77 Å². The average Bonchev–Trinajstić information content (AvgIpc) is 3.06. The number of hydrogen-bond acceptors (Lipinski definition) is 5. The molecule has 3 rings (SSSR count). The molecule has 2 aromatic heterocycles. The molecule has 0 aliphatic rings. The van der Waals surface area contributed by atoms with Gasteiger partial charge in [-0.3, -0.25) is 4.98 Å². The number of aromatic amines is 1. The normalized spacial score (nSPS) is 11.1. The van der Waals surface area contributed by atoms with Crippen molar-refractivity contribution < 1.29 is 4.74 Å². The predicted molar refractivity (Wildman–Crippen MR) is 105 cm³/mol. The van der Waals surface area contributed by atoms with E-state index >= 15 is 0 Å². The monoisotopic (exact) mass is 367 g/mol. The van der Waals surface area contributed by atoms with Crippen LogP contribution in [0, 0.1) is 4.77 Å². The van der Waals surface area contributed by atoms with Crippen molar-refractivity contribution in [2.75, 3.05) is 6.61 Å². The Hall–Kier alpha value is -2.80. The summed E-state index contributed by atoms with van der Waals surface area (Å²) in [5.74, 6) is 1.51. The number of ether oxygens (including phenoxy) is 1. The first-order chi connectivity index (χ1) is 12.8. The molecule has 7 heteroatoms. The Kier molecular flexibility index (Phi) is 6.27. The molecule has 0 bridgehead atoms. The highest BCUT2D eigenvalue weighted by Crippen LogP contribution is 2.16. The number of H-pyrrole nitrogens is 1. The van der Waals surface area contributed by atoms with E-state index < -0.39 is 0 Å². The molecule has 3 aromatic rings. The van der Waals surface area contributed by atoms with Crippen molar-refractivity contribution in [2.45, 2.75) is 26.2 Å². The number of rotatable bonds is 8. The van der Waals surface area contributed by atoms with Crippen molar-refractivity contribution in [3.05, 3.63) is 59.1 Å². The third-order valence-electron chi connectivity index (χ3n) is 3.81. The van der Waals surface area contributed by atoms with Crippen LogP contribution in [0.5, 0.6) is 5.75 Å². The Morgan fingerprint density at radius 1 is 1.15 bits per heavy atom. The van der Waals surface area contributed by atoms with Crippen LogP contribution in [0.15, 0.2) is 53.9 Å². The van der Waals surface area contributed by atoms with Gasteiger partial charge in [-0.1, -0.05) is 19.8 Å². The highest BCUT2D eigenvalue weighted by atomic mass is 32.1. The molecule has 2 heterocycles. The first-order valence-electron chi connectivity index (χ1n) is 8.63. The van der Waals surface area contributed by atoms with Gasteiger partial charge in [-0.2, -0.15) is 14.9 Å². The summed E-state index contributed by atoms with van der Waals surface area (Å²) in [5.41, 5.74) is 1.84. The van der Waals surface area contributed by atoms with Crippen LogP contribution in [0.25, 0.3) is 11.4 Å². The zero-order chi connectivity index (χ0) is 18.2. The van der Waals surface area contributed by atoms with Gasteiger partial charge in [0.25, 0.3) is 0 Å². The molecule has 1 aromatic carbocycles. The van der Waals surface area contributed by atoms with Gasteiger partial charge < -0.3 is 4.74 Å². The smallest absolute Gasteiger partial charge is 0.216 e. The Balaban J connectivity index is 1.71. The molecule has 0 saturated carbocycles. The lowest BCUT2D eigenvalue weighted by molar-refractivity contribution is 0.306. The van der Waals surface area contributed by atoms with Crippen LogP contribution in [0.1, 0.15) is 31.7 Å². The molecular weight excluding hydrogens is 346 g/mol. The molecule has 26 heavy (non-hydrogen) atoms. The highest BCUT2D eigenvalue weighted by molar-refractivity contribution is 7.71. The second-order valence-corrected chi connectivity index (χ2v) is 6.16. The van der Waals surface area contributed by atoms with Crippen molar-refractivity contribution >= 4 is 18.4 Å². The van der Waals surface area contributed by atoms with E-state index in [9.17, 15) is 0 Å². The van der Waals surface area contributed by atoms with Gasteiger partial charge in [0, 0.05) is 18.0 Å². The summed E-state index contributed by atoms with van der Waals surface area (Å²) in [6, 6.07) is 11.6. The first kappa shape index (κ1) is 18.0. The molecule has 6 nitrogen and oxygen atoms in total. The number of aromatic nitrogens is 4. The van der Waals surface area contributed by atoms with Crippen LogP contribution >= 0.6 is 12.2 Å². The van der Waals surface area contributed by atoms with Crippen LogP contribution in [0.2, 0.25) is 0 Å². The molecule has 0 fully saturated rings. The lowest BCUT2D eigenvalue weighted by atomic mass is 10.2. The van der Waals surface area contributed by atoms with Gasteiger partial charge in [0.15, 0.2) is 5.82 Å². The van der Waals surface area contributed by atoms with Gasteiger partial charge in [-0.25, -0.2) is 5.10 Å². The lowest BCUT2D eigenvalue weighted by Crippen LogP contribution is -1.97. The van der Waals surface area contributed by atoms with E-state index in [0.717, 1.165) is 29.9 Å². The summed E-state index contributed by atoms with van der Waals surface area (Å²) in [6.45, 7) is 2.93. The van der Waals surface area contributed by atoms with E-state index in [0.29, 0.717) is 10.6 Å². The average molecular weight is 367 g/mol. The van der Waals surface area contributed by atoms with Crippen LogP contribution in [0.3, 0.4) is 0 Å². The lowest BCUT2D eigenvalue weighted by Gasteiger charge is -2.05. The van der Waals surface area contributed by atoms with E-state index in [1.807, 2.05) is 36.4 Å². The molecule has 0 aliphatic carbocycles. The van der Waals surface area contributed by atoms with Gasteiger partial charge >= 0.3 is 0 Å². The highest BCUT2D eigenvalue weighted by Gasteiger charge is 2.07. The molecule has 0 unspecified atom stereocenters. The van der Waals surface area contributed by atoms with E-state index in [1.54, 1.807) is 23.3 Å². The van der Waals surface area contributed by atoms with Crippen LogP contribution in [0.4, 0.5) is 0 Å². The summed E-state index contributed by atoms with van der Waals surface area (Å²) in [6.07, 6.45) is 8.63. The predicted octanol–water partition coefficient (Wildman–Crippen LogP) is 4.45. The first-order valence-corrected chi connectivity index (χ1v) is 9.04. The fraction of sp³-hybridized carbons (Fsp3) is 0.263. The molecule has 0 spiro atoms. The van der Waals surface area contributed by atoms with Crippen molar-refractivity contribution in [3.8, 4) is 17.1 Å². The third-order valence-corrected chi connectivity index (χ3v) is 4.07. The van der Waals surface area contributed by atoms with Crippen molar-refractivity contribution in [1.82, 2.24) is 19.9 Å². The molecule has 0 atom stereocenters. The van der Waals surface area contributed by atoms with E-state index in [2.05, 4.69) is 27.2 Å². The number of benzene rings is 1. The zero-order valence-electron chi connectivity index (χ0n) is 14.6. The Morgan fingerprint density at radius 2 is 1.92 bits per heavy atom.